The van der Waals surface area contributed by atoms with Gasteiger partial charge in [0.1, 0.15) is 11.5 Å². The number of ether oxygens (including phenoxy) is 3. The number of rotatable bonds is 8. The summed E-state index contributed by atoms with van der Waals surface area (Å²) in [5.74, 6) is 1.37. The van der Waals surface area contributed by atoms with E-state index in [-0.39, 0.29) is 4.90 Å². The molecule has 38 heavy (non-hydrogen) atoms. The van der Waals surface area contributed by atoms with E-state index in [1.54, 1.807) is 60.7 Å². The average Bonchev–Trinajstić information content (AvgIpc) is 3.62. The topological polar surface area (TPSA) is 94.7 Å². The Hall–Kier alpha value is -3.29. The van der Waals surface area contributed by atoms with Gasteiger partial charge in [0.05, 0.1) is 49.9 Å². The number of morpholine rings is 1. The first-order valence-electron chi connectivity index (χ1n) is 11.7. The molecule has 2 aromatic carbocycles. The van der Waals surface area contributed by atoms with E-state index in [1.165, 1.54) is 15.6 Å². The summed E-state index contributed by atoms with van der Waals surface area (Å²) in [6.45, 7) is 1.50. The van der Waals surface area contributed by atoms with Gasteiger partial charge in [-0.25, -0.2) is 18.1 Å². The van der Waals surface area contributed by atoms with Crippen LogP contribution in [0.2, 0.25) is 0 Å². The van der Waals surface area contributed by atoms with E-state index >= 15 is 0 Å². The zero-order valence-corrected chi connectivity index (χ0v) is 23.3. The lowest BCUT2D eigenvalue weighted by Gasteiger charge is -2.26. The second-order valence-corrected chi connectivity index (χ2v) is 11.9. The number of hydrogen-bond donors (Lipinski definition) is 0. The SMILES string of the molecule is COc1ccc(OC)c(-c2csc(=Nc3ccc(S(=O)(=O)N4CCOCC4)cc3)n2N=Cc2cccs2)c1. The second kappa shape index (κ2) is 11.6. The Labute approximate surface area is 228 Å². The van der Waals surface area contributed by atoms with Crippen LogP contribution in [0.15, 0.2) is 80.3 Å². The van der Waals surface area contributed by atoms with Crippen molar-refractivity contribution in [1.29, 1.82) is 0 Å². The number of thiophene rings is 1. The average molecular weight is 571 g/mol. The number of methoxy groups -OCH3 is 2. The predicted molar refractivity (Wildman–Crippen MR) is 149 cm³/mol. The molecule has 4 aromatic rings. The van der Waals surface area contributed by atoms with Crippen LogP contribution in [-0.4, -0.2) is 64.1 Å². The van der Waals surface area contributed by atoms with Gasteiger partial charge in [0, 0.05) is 28.9 Å². The third-order valence-electron chi connectivity index (χ3n) is 5.88. The van der Waals surface area contributed by atoms with Crippen molar-refractivity contribution in [2.24, 2.45) is 10.1 Å². The molecule has 12 heteroatoms. The van der Waals surface area contributed by atoms with Crippen LogP contribution in [0.5, 0.6) is 11.5 Å². The molecule has 1 aliphatic rings. The fraction of sp³-hybridized carbons (Fsp3) is 0.231. The maximum atomic E-state index is 13.0. The lowest BCUT2D eigenvalue weighted by Crippen LogP contribution is -2.40. The first-order valence-corrected chi connectivity index (χ1v) is 14.9. The third kappa shape index (κ3) is 5.59. The standard InChI is InChI=1S/C26H26N4O5S3/c1-33-20-7-10-25(34-2)23(16-20)24-18-37-26(30(24)27-17-21-4-3-15-36-21)28-19-5-8-22(9-6-19)38(31,32)29-11-13-35-14-12-29/h3-10,15-18H,11-14H2,1-2H3. The molecule has 0 unspecified atom stereocenters. The Morgan fingerprint density at radius 1 is 1.00 bits per heavy atom. The fourth-order valence-corrected chi connectivity index (χ4v) is 6.74. The summed E-state index contributed by atoms with van der Waals surface area (Å²) >= 11 is 3.00. The molecule has 0 bridgehead atoms. The van der Waals surface area contributed by atoms with Crippen molar-refractivity contribution in [2.45, 2.75) is 4.90 Å². The molecule has 0 N–H and O–H groups in total. The van der Waals surface area contributed by atoms with Gasteiger partial charge in [0.25, 0.3) is 0 Å². The molecule has 0 amide bonds. The van der Waals surface area contributed by atoms with E-state index in [9.17, 15) is 8.42 Å². The zero-order chi connectivity index (χ0) is 26.5. The molecule has 1 aliphatic heterocycles. The minimum Gasteiger partial charge on any atom is -0.497 e. The summed E-state index contributed by atoms with van der Waals surface area (Å²) in [5.41, 5.74) is 2.20. The largest absolute Gasteiger partial charge is 0.497 e. The van der Waals surface area contributed by atoms with Crippen LogP contribution in [0.1, 0.15) is 4.88 Å². The van der Waals surface area contributed by atoms with Gasteiger partial charge in [0.2, 0.25) is 14.8 Å². The second-order valence-electron chi connectivity index (χ2n) is 8.16. The lowest BCUT2D eigenvalue weighted by atomic mass is 10.1. The van der Waals surface area contributed by atoms with Gasteiger partial charge < -0.3 is 14.2 Å². The monoisotopic (exact) mass is 570 g/mol. The fourth-order valence-electron chi connectivity index (χ4n) is 3.91. The molecule has 0 radical (unpaired) electrons. The highest BCUT2D eigenvalue weighted by atomic mass is 32.2. The summed E-state index contributed by atoms with van der Waals surface area (Å²) in [6, 6.07) is 16.1. The summed E-state index contributed by atoms with van der Waals surface area (Å²) in [6.07, 6.45) is 1.78. The van der Waals surface area contributed by atoms with Gasteiger partial charge in [-0.05, 0) is 53.9 Å². The number of sulfonamides is 1. The molecular weight excluding hydrogens is 545 g/mol. The highest BCUT2D eigenvalue weighted by Crippen LogP contribution is 2.34. The van der Waals surface area contributed by atoms with Crippen molar-refractivity contribution < 1.29 is 22.6 Å². The molecule has 1 fully saturated rings. The minimum absolute atomic E-state index is 0.231. The highest BCUT2D eigenvalue weighted by molar-refractivity contribution is 7.89. The Bertz CT molecular complexity index is 1580. The smallest absolute Gasteiger partial charge is 0.243 e. The first-order chi connectivity index (χ1) is 18.5. The molecule has 0 saturated carbocycles. The number of thiazole rings is 1. The van der Waals surface area contributed by atoms with Crippen LogP contribution < -0.4 is 14.3 Å². The Balaban J connectivity index is 1.55. The van der Waals surface area contributed by atoms with Gasteiger partial charge in [-0.3, -0.25) is 0 Å². The molecule has 198 valence electrons. The molecule has 1 saturated heterocycles. The first kappa shape index (κ1) is 26.3. The lowest BCUT2D eigenvalue weighted by molar-refractivity contribution is 0.0730. The van der Waals surface area contributed by atoms with Crippen LogP contribution in [0.4, 0.5) is 5.69 Å². The van der Waals surface area contributed by atoms with Crippen molar-refractivity contribution in [3.05, 3.63) is 75.0 Å². The molecule has 0 spiro atoms. The van der Waals surface area contributed by atoms with E-state index in [1.807, 2.05) is 41.1 Å². The van der Waals surface area contributed by atoms with Crippen LogP contribution >= 0.6 is 22.7 Å². The van der Waals surface area contributed by atoms with Crippen molar-refractivity contribution in [3.63, 3.8) is 0 Å². The molecule has 0 atom stereocenters. The van der Waals surface area contributed by atoms with Crippen LogP contribution in [0, 0.1) is 0 Å². The van der Waals surface area contributed by atoms with Gasteiger partial charge in [0.15, 0.2) is 0 Å². The Morgan fingerprint density at radius 3 is 2.47 bits per heavy atom. The van der Waals surface area contributed by atoms with Crippen LogP contribution in [0.3, 0.4) is 0 Å². The van der Waals surface area contributed by atoms with Gasteiger partial charge in [-0.1, -0.05) is 6.07 Å². The number of nitrogens with zero attached hydrogens (tertiary/aromatic N) is 4. The van der Waals surface area contributed by atoms with E-state index in [4.69, 9.17) is 24.3 Å². The quantitative estimate of drug-likeness (QED) is 0.292. The van der Waals surface area contributed by atoms with Crippen LogP contribution in [0.25, 0.3) is 11.3 Å². The Kier molecular flexibility index (Phi) is 8.05. The van der Waals surface area contributed by atoms with Crippen molar-refractivity contribution in [3.8, 4) is 22.8 Å². The molecule has 3 heterocycles. The molecule has 0 aliphatic carbocycles. The molecule has 9 nitrogen and oxygen atoms in total. The van der Waals surface area contributed by atoms with E-state index in [2.05, 4.69) is 0 Å². The van der Waals surface area contributed by atoms with E-state index in [0.717, 1.165) is 16.1 Å². The maximum Gasteiger partial charge on any atom is 0.243 e. The van der Waals surface area contributed by atoms with Crippen molar-refractivity contribution >= 4 is 44.6 Å². The number of benzene rings is 2. The summed E-state index contributed by atoms with van der Waals surface area (Å²) in [5, 5.41) is 8.69. The molecular formula is C26H26N4O5S3. The maximum absolute atomic E-state index is 13.0. The summed E-state index contributed by atoms with van der Waals surface area (Å²) in [4.78, 5) is 6.63. The molecule has 2 aromatic heterocycles. The number of aromatic nitrogens is 1. The normalized spacial score (nSPS) is 15.3. The Morgan fingerprint density at radius 2 is 1.79 bits per heavy atom. The third-order valence-corrected chi connectivity index (χ3v) is 9.42. The van der Waals surface area contributed by atoms with Gasteiger partial charge >= 0.3 is 0 Å². The highest BCUT2D eigenvalue weighted by Gasteiger charge is 2.26. The minimum atomic E-state index is -3.58. The summed E-state index contributed by atoms with van der Waals surface area (Å²) < 4.78 is 45.5. The zero-order valence-electron chi connectivity index (χ0n) is 20.8. The predicted octanol–water partition coefficient (Wildman–Crippen LogP) is 4.43. The van der Waals surface area contributed by atoms with Gasteiger partial charge in [-0.15, -0.1) is 22.7 Å². The number of hydrogen-bond acceptors (Lipinski definition) is 9. The van der Waals surface area contributed by atoms with Gasteiger partial charge in [-0.2, -0.15) is 9.41 Å². The summed E-state index contributed by atoms with van der Waals surface area (Å²) in [7, 11) is -0.342. The van der Waals surface area contributed by atoms with Crippen molar-refractivity contribution in [2.75, 3.05) is 40.5 Å². The van der Waals surface area contributed by atoms with E-state index < -0.39 is 10.0 Å². The van der Waals surface area contributed by atoms with Crippen molar-refractivity contribution in [1.82, 2.24) is 8.98 Å². The van der Waals surface area contributed by atoms with E-state index in [0.29, 0.717) is 48.3 Å². The van der Waals surface area contributed by atoms with Crippen LogP contribution in [-0.2, 0) is 14.8 Å². The molecule has 5 rings (SSSR count).